The average molecular weight is 470 g/mol. The molecule has 0 aliphatic rings. The Balaban J connectivity index is 1.74. The van der Waals surface area contributed by atoms with Crippen LogP contribution in [0.1, 0.15) is 36.1 Å². The van der Waals surface area contributed by atoms with E-state index in [2.05, 4.69) is 5.32 Å². The summed E-state index contributed by atoms with van der Waals surface area (Å²) in [7, 11) is 1.64. The molecular weight excluding hydrogens is 438 g/mol. The summed E-state index contributed by atoms with van der Waals surface area (Å²) in [6.45, 7) is 10.5. The van der Waals surface area contributed by atoms with Crippen LogP contribution in [0.5, 0.6) is 11.5 Å². The number of fused-ring (bicyclic) bond motifs is 1. The second-order valence-electron chi connectivity index (χ2n) is 8.70. The Kier molecular flexibility index (Phi) is 6.97. The minimum atomic E-state index is -0.185. The molecule has 0 aliphatic heterocycles. The molecule has 35 heavy (non-hydrogen) atoms. The van der Waals surface area contributed by atoms with Crippen molar-refractivity contribution in [1.82, 2.24) is 0 Å². The van der Waals surface area contributed by atoms with Gasteiger partial charge in [-0.05, 0) is 81.1 Å². The minimum absolute atomic E-state index is 0.185. The fraction of sp³-hybridized carbons (Fsp3) is 0.233. The van der Waals surface area contributed by atoms with Crippen molar-refractivity contribution in [3.63, 3.8) is 0 Å². The lowest BCUT2D eigenvalue weighted by Gasteiger charge is -2.14. The SMILES string of the molecule is CCOc1ccc(-c2coc3c(C)c(OC)c(/C(C)=C/C(=O)Nc4cc(C)ccc4C)cc23)cc1. The van der Waals surface area contributed by atoms with Gasteiger partial charge in [-0.3, -0.25) is 4.79 Å². The molecule has 3 aromatic carbocycles. The van der Waals surface area contributed by atoms with Crippen LogP contribution in [0.4, 0.5) is 5.69 Å². The predicted molar refractivity (Wildman–Crippen MR) is 142 cm³/mol. The third-order valence-corrected chi connectivity index (χ3v) is 6.15. The third kappa shape index (κ3) is 4.94. The van der Waals surface area contributed by atoms with Gasteiger partial charge in [0.2, 0.25) is 5.91 Å². The Morgan fingerprint density at radius 2 is 1.80 bits per heavy atom. The van der Waals surface area contributed by atoms with E-state index in [4.69, 9.17) is 13.9 Å². The molecule has 0 spiro atoms. The van der Waals surface area contributed by atoms with E-state index >= 15 is 0 Å². The van der Waals surface area contributed by atoms with Crippen LogP contribution < -0.4 is 14.8 Å². The number of anilines is 1. The van der Waals surface area contributed by atoms with E-state index in [9.17, 15) is 4.79 Å². The summed E-state index contributed by atoms with van der Waals surface area (Å²) in [5.74, 6) is 1.34. The first kappa shape index (κ1) is 24.1. The molecular formula is C30H31NO4. The number of ether oxygens (including phenoxy) is 2. The predicted octanol–water partition coefficient (Wildman–Crippen LogP) is 7.47. The van der Waals surface area contributed by atoms with Crippen LogP contribution in [-0.4, -0.2) is 19.6 Å². The lowest BCUT2D eigenvalue weighted by atomic mass is 9.96. The van der Waals surface area contributed by atoms with Gasteiger partial charge in [-0.2, -0.15) is 0 Å². The van der Waals surface area contributed by atoms with Gasteiger partial charge >= 0.3 is 0 Å². The van der Waals surface area contributed by atoms with Crippen LogP contribution in [-0.2, 0) is 4.79 Å². The number of allylic oxidation sites excluding steroid dienone is 1. The zero-order chi connectivity index (χ0) is 25.1. The quantitative estimate of drug-likeness (QED) is 0.285. The molecule has 1 amide bonds. The molecule has 4 rings (SSSR count). The highest BCUT2D eigenvalue weighted by molar-refractivity contribution is 6.06. The van der Waals surface area contributed by atoms with Crippen molar-refractivity contribution in [2.75, 3.05) is 19.0 Å². The fourth-order valence-corrected chi connectivity index (χ4v) is 4.31. The van der Waals surface area contributed by atoms with Crippen molar-refractivity contribution in [2.45, 2.75) is 34.6 Å². The average Bonchev–Trinajstić information content (AvgIpc) is 3.26. The summed E-state index contributed by atoms with van der Waals surface area (Å²) in [6.07, 6.45) is 3.38. The maximum atomic E-state index is 12.9. The number of hydrogen-bond acceptors (Lipinski definition) is 4. The highest BCUT2D eigenvalue weighted by Gasteiger charge is 2.19. The molecule has 1 heterocycles. The molecule has 0 bridgehead atoms. The van der Waals surface area contributed by atoms with Crippen molar-refractivity contribution in [2.24, 2.45) is 0 Å². The highest BCUT2D eigenvalue weighted by Crippen LogP contribution is 2.40. The lowest BCUT2D eigenvalue weighted by Crippen LogP contribution is -2.10. The second-order valence-corrected chi connectivity index (χ2v) is 8.70. The van der Waals surface area contributed by atoms with Gasteiger partial charge in [-0.1, -0.05) is 24.3 Å². The first-order chi connectivity index (χ1) is 16.8. The van der Waals surface area contributed by atoms with Crippen molar-refractivity contribution in [3.05, 3.63) is 83.1 Å². The van der Waals surface area contributed by atoms with Crippen molar-refractivity contribution in [3.8, 4) is 22.6 Å². The van der Waals surface area contributed by atoms with Gasteiger partial charge in [0.05, 0.1) is 20.0 Å². The summed E-state index contributed by atoms with van der Waals surface area (Å²) < 4.78 is 17.3. The topological polar surface area (TPSA) is 60.7 Å². The first-order valence-corrected chi connectivity index (χ1v) is 11.7. The Hall–Kier alpha value is -3.99. The van der Waals surface area contributed by atoms with Gasteiger partial charge < -0.3 is 19.2 Å². The number of aryl methyl sites for hydroxylation is 3. The van der Waals surface area contributed by atoms with Crippen molar-refractivity contribution >= 4 is 28.1 Å². The summed E-state index contributed by atoms with van der Waals surface area (Å²) in [4.78, 5) is 12.9. The molecule has 0 atom stereocenters. The largest absolute Gasteiger partial charge is 0.496 e. The van der Waals surface area contributed by atoms with E-state index in [1.807, 2.05) is 83.1 Å². The molecule has 0 saturated heterocycles. The van der Waals surface area contributed by atoms with Crippen molar-refractivity contribution < 1.29 is 18.7 Å². The van der Waals surface area contributed by atoms with Crippen LogP contribution in [0.2, 0.25) is 0 Å². The number of furan rings is 1. The van der Waals surface area contributed by atoms with E-state index < -0.39 is 0 Å². The molecule has 0 radical (unpaired) electrons. The second kappa shape index (κ2) is 10.1. The number of rotatable bonds is 7. The fourth-order valence-electron chi connectivity index (χ4n) is 4.31. The molecule has 5 nitrogen and oxygen atoms in total. The zero-order valence-corrected chi connectivity index (χ0v) is 21.1. The normalized spacial score (nSPS) is 11.5. The molecule has 0 aliphatic carbocycles. The van der Waals surface area contributed by atoms with E-state index in [0.717, 1.165) is 61.4 Å². The van der Waals surface area contributed by atoms with Gasteiger partial charge in [0.15, 0.2) is 0 Å². The van der Waals surface area contributed by atoms with Crippen LogP contribution in [0, 0.1) is 20.8 Å². The molecule has 180 valence electrons. The number of methoxy groups -OCH3 is 1. The van der Waals surface area contributed by atoms with E-state index in [1.165, 1.54) is 0 Å². The van der Waals surface area contributed by atoms with Crippen LogP contribution in [0.3, 0.4) is 0 Å². The third-order valence-electron chi connectivity index (χ3n) is 6.15. The summed E-state index contributed by atoms with van der Waals surface area (Å²) in [5.41, 5.74) is 8.22. The number of benzene rings is 3. The van der Waals surface area contributed by atoms with Gasteiger partial charge in [0, 0.05) is 33.8 Å². The van der Waals surface area contributed by atoms with Gasteiger partial charge in [0.1, 0.15) is 17.1 Å². The first-order valence-electron chi connectivity index (χ1n) is 11.7. The Labute approximate surface area is 206 Å². The Morgan fingerprint density at radius 3 is 2.49 bits per heavy atom. The lowest BCUT2D eigenvalue weighted by molar-refractivity contribution is -0.111. The Bertz CT molecular complexity index is 1410. The summed E-state index contributed by atoms with van der Waals surface area (Å²) >= 11 is 0. The Morgan fingerprint density at radius 1 is 1.06 bits per heavy atom. The maximum Gasteiger partial charge on any atom is 0.248 e. The molecule has 0 fully saturated rings. The number of carbonyl (C=O) groups is 1. The number of hydrogen-bond donors (Lipinski definition) is 1. The van der Waals surface area contributed by atoms with E-state index in [-0.39, 0.29) is 5.91 Å². The zero-order valence-electron chi connectivity index (χ0n) is 21.1. The molecule has 4 aromatic rings. The molecule has 0 unspecified atom stereocenters. The molecule has 0 saturated carbocycles. The summed E-state index contributed by atoms with van der Waals surface area (Å²) in [6, 6.07) is 16.0. The standard InChI is InChI=1S/C30H31NO4/c1-7-34-23-12-10-22(11-13-23)26-17-35-30-21(5)29(33-6)24(16-25(26)30)20(4)15-28(32)31-27-14-18(2)8-9-19(27)3/h8-17H,7H2,1-6H3,(H,31,32)/b20-15+. The van der Waals surface area contributed by atoms with Crippen molar-refractivity contribution in [1.29, 1.82) is 0 Å². The molecule has 5 heteroatoms. The van der Waals surface area contributed by atoms with Crippen LogP contribution >= 0.6 is 0 Å². The van der Waals surface area contributed by atoms with E-state index in [0.29, 0.717) is 12.4 Å². The van der Waals surface area contributed by atoms with Gasteiger partial charge in [0.25, 0.3) is 0 Å². The minimum Gasteiger partial charge on any atom is -0.496 e. The number of carbonyl (C=O) groups excluding carboxylic acids is 1. The van der Waals surface area contributed by atoms with E-state index in [1.54, 1.807) is 19.4 Å². The molecule has 1 N–H and O–H groups in total. The monoisotopic (exact) mass is 469 g/mol. The van der Waals surface area contributed by atoms with Gasteiger partial charge in [-0.15, -0.1) is 0 Å². The van der Waals surface area contributed by atoms with Crippen LogP contribution in [0.25, 0.3) is 27.7 Å². The maximum absolute atomic E-state index is 12.9. The van der Waals surface area contributed by atoms with Gasteiger partial charge in [-0.25, -0.2) is 0 Å². The van der Waals surface area contributed by atoms with Crippen LogP contribution in [0.15, 0.2) is 65.3 Å². The highest BCUT2D eigenvalue weighted by atomic mass is 16.5. The summed E-state index contributed by atoms with van der Waals surface area (Å²) in [5, 5.41) is 3.97. The molecule has 1 aromatic heterocycles. The number of nitrogens with one attached hydrogen (secondary N) is 1. The number of amides is 1. The smallest absolute Gasteiger partial charge is 0.248 e.